The van der Waals surface area contributed by atoms with E-state index in [0.717, 1.165) is 29.8 Å². The SMILES string of the molecule is CCCCC(F)CC.Nc1ncc2cc(F)c(B(O)O)n2n1. The number of alkyl halides is 1. The van der Waals surface area contributed by atoms with E-state index in [9.17, 15) is 8.78 Å². The van der Waals surface area contributed by atoms with Crippen molar-refractivity contribution in [2.75, 3.05) is 5.73 Å². The average Bonchev–Trinajstić information content (AvgIpc) is 2.80. The van der Waals surface area contributed by atoms with Gasteiger partial charge in [0.2, 0.25) is 5.95 Å². The fourth-order valence-corrected chi connectivity index (χ4v) is 1.83. The molecule has 122 valence electrons. The molecule has 1 unspecified atom stereocenters. The Balaban J connectivity index is 0.000000261. The predicted molar refractivity (Wildman–Crippen MR) is 81.9 cm³/mol. The zero-order valence-corrected chi connectivity index (χ0v) is 12.7. The second-order valence-electron chi connectivity index (χ2n) is 4.85. The first kappa shape index (κ1) is 18.3. The van der Waals surface area contributed by atoms with Gasteiger partial charge in [-0.2, -0.15) is 0 Å². The molecule has 4 N–H and O–H groups in total. The van der Waals surface area contributed by atoms with Crippen molar-refractivity contribution in [3.63, 3.8) is 0 Å². The Kier molecular flexibility index (Phi) is 7.20. The van der Waals surface area contributed by atoms with Gasteiger partial charge in [0.05, 0.1) is 17.9 Å². The van der Waals surface area contributed by atoms with Crippen LogP contribution in [0, 0.1) is 5.82 Å². The number of nitrogens with two attached hydrogens (primary N) is 1. The summed E-state index contributed by atoms with van der Waals surface area (Å²) >= 11 is 0. The smallest absolute Gasteiger partial charge is 0.422 e. The summed E-state index contributed by atoms with van der Waals surface area (Å²) in [5.74, 6) is -0.838. The number of hydrogen-bond donors (Lipinski definition) is 3. The van der Waals surface area contributed by atoms with Crippen LogP contribution in [-0.4, -0.2) is 37.9 Å². The zero-order valence-electron chi connectivity index (χ0n) is 12.7. The van der Waals surface area contributed by atoms with Crippen LogP contribution in [0.15, 0.2) is 12.3 Å². The van der Waals surface area contributed by atoms with Crippen LogP contribution in [0.5, 0.6) is 0 Å². The minimum atomic E-state index is -1.94. The maximum Gasteiger partial charge on any atom is 0.511 e. The molecule has 2 heterocycles. The highest BCUT2D eigenvalue weighted by molar-refractivity contribution is 6.58. The van der Waals surface area contributed by atoms with Crippen molar-refractivity contribution in [3.8, 4) is 0 Å². The highest BCUT2D eigenvalue weighted by Gasteiger charge is 2.23. The first-order valence-electron chi connectivity index (χ1n) is 7.20. The third-order valence-electron chi connectivity index (χ3n) is 3.08. The third-order valence-corrected chi connectivity index (χ3v) is 3.08. The molecular weight excluding hydrogens is 293 g/mol. The van der Waals surface area contributed by atoms with Gasteiger partial charge in [0.25, 0.3) is 0 Å². The number of unbranched alkanes of at least 4 members (excludes halogenated alkanes) is 1. The summed E-state index contributed by atoms with van der Waals surface area (Å²) in [6, 6.07) is 1.09. The van der Waals surface area contributed by atoms with Crippen LogP contribution in [-0.2, 0) is 0 Å². The molecule has 0 bridgehead atoms. The molecule has 6 nitrogen and oxygen atoms in total. The van der Waals surface area contributed by atoms with Crippen LogP contribution in [0.3, 0.4) is 0 Å². The van der Waals surface area contributed by atoms with Crippen molar-refractivity contribution in [3.05, 3.63) is 18.1 Å². The van der Waals surface area contributed by atoms with Gasteiger partial charge in [0.15, 0.2) is 0 Å². The molecule has 2 aromatic rings. The Morgan fingerprint density at radius 3 is 2.64 bits per heavy atom. The van der Waals surface area contributed by atoms with Crippen molar-refractivity contribution in [1.82, 2.24) is 14.6 Å². The van der Waals surface area contributed by atoms with Crippen molar-refractivity contribution in [2.24, 2.45) is 0 Å². The quantitative estimate of drug-likeness (QED) is 0.717. The Morgan fingerprint density at radius 2 is 2.09 bits per heavy atom. The van der Waals surface area contributed by atoms with E-state index < -0.39 is 19.1 Å². The maximum absolute atomic E-state index is 13.1. The molecule has 0 spiro atoms. The largest absolute Gasteiger partial charge is 0.511 e. The number of aromatic nitrogens is 3. The minimum Gasteiger partial charge on any atom is -0.422 e. The first-order chi connectivity index (χ1) is 10.4. The molecule has 2 aromatic heterocycles. The predicted octanol–water partition coefficient (Wildman–Crippen LogP) is 1.06. The number of anilines is 1. The molecule has 2 rings (SSSR count). The van der Waals surface area contributed by atoms with Crippen LogP contribution >= 0.6 is 0 Å². The highest BCUT2D eigenvalue weighted by Crippen LogP contribution is 2.07. The lowest BCUT2D eigenvalue weighted by Crippen LogP contribution is -2.37. The van der Waals surface area contributed by atoms with Crippen LogP contribution in [0.4, 0.5) is 14.7 Å². The molecule has 0 aliphatic rings. The van der Waals surface area contributed by atoms with E-state index in [-0.39, 0.29) is 11.5 Å². The second-order valence-corrected chi connectivity index (χ2v) is 4.85. The summed E-state index contributed by atoms with van der Waals surface area (Å²) in [5.41, 5.74) is 5.23. The highest BCUT2D eigenvalue weighted by atomic mass is 19.1. The molecular formula is C13H21BF2N4O2. The normalized spacial score (nSPS) is 11.9. The zero-order chi connectivity index (χ0) is 16.7. The molecule has 0 aromatic carbocycles. The third kappa shape index (κ3) is 4.92. The van der Waals surface area contributed by atoms with Gasteiger partial charge in [-0.3, -0.25) is 0 Å². The maximum atomic E-state index is 13.1. The molecule has 0 amide bonds. The van der Waals surface area contributed by atoms with Gasteiger partial charge in [-0.25, -0.2) is 18.3 Å². The van der Waals surface area contributed by atoms with Gasteiger partial charge < -0.3 is 15.8 Å². The summed E-state index contributed by atoms with van der Waals surface area (Å²) < 4.78 is 26.5. The van der Waals surface area contributed by atoms with Crippen LogP contribution < -0.4 is 11.3 Å². The van der Waals surface area contributed by atoms with Gasteiger partial charge in [-0.05, 0) is 12.8 Å². The monoisotopic (exact) mass is 314 g/mol. The number of nitrogen functional groups attached to an aromatic ring is 1. The molecule has 0 radical (unpaired) electrons. The number of nitrogens with zero attached hydrogens (tertiary/aromatic N) is 3. The Bertz CT molecular complexity index is 595. The lowest BCUT2D eigenvalue weighted by molar-refractivity contribution is 0.299. The average molecular weight is 314 g/mol. The molecule has 9 heteroatoms. The molecule has 0 aliphatic carbocycles. The van der Waals surface area contributed by atoms with Gasteiger partial charge >= 0.3 is 7.12 Å². The van der Waals surface area contributed by atoms with Gasteiger partial charge in [0, 0.05) is 6.07 Å². The Hall–Kier alpha value is -1.74. The molecule has 0 fully saturated rings. The Morgan fingerprint density at radius 1 is 1.41 bits per heavy atom. The fraction of sp³-hybridized carbons (Fsp3) is 0.538. The minimum absolute atomic E-state index is 0.0741. The van der Waals surface area contributed by atoms with Crippen molar-refractivity contribution in [2.45, 2.75) is 45.7 Å². The molecule has 1 atom stereocenters. The summed E-state index contributed by atoms with van der Waals surface area (Å²) in [7, 11) is -1.94. The summed E-state index contributed by atoms with van der Waals surface area (Å²) in [6.45, 7) is 3.97. The second kappa shape index (κ2) is 8.65. The summed E-state index contributed by atoms with van der Waals surface area (Å²) in [6.07, 6.45) is 4.33. The van der Waals surface area contributed by atoms with Crippen molar-refractivity contribution >= 4 is 24.2 Å². The van der Waals surface area contributed by atoms with E-state index in [1.54, 1.807) is 0 Å². The van der Waals surface area contributed by atoms with Crippen LogP contribution in [0.2, 0.25) is 0 Å². The Labute approximate surface area is 128 Å². The molecule has 0 saturated heterocycles. The topological polar surface area (TPSA) is 96.7 Å². The molecule has 0 aliphatic heterocycles. The van der Waals surface area contributed by atoms with Crippen molar-refractivity contribution < 1.29 is 18.8 Å². The molecule has 22 heavy (non-hydrogen) atoms. The fourth-order valence-electron chi connectivity index (χ4n) is 1.83. The van der Waals surface area contributed by atoms with E-state index in [4.69, 9.17) is 15.8 Å². The summed E-state index contributed by atoms with van der Waals surface area (Å²) in [5, 5.41) is 21.4. The first-order valence-corrected chi connectivity index (χ1v) is 7.20. The van der Waals surface area contributed by atoms with E-state index in [1.165, 1.54) is 6.20 Å². The van der Waals surface area contributed by atoms with Crippen LogP contribution in [0.25, 0.3) is 5.52 Å². The lowest BCUT2D eigenvalue weighted by atomic mass is 9.86. The lowest BCUT2D eigenvalue weighted by Gasteiger charge is -2.00. The number of fused-ring (bicyclic) bond motifs is 1. The van der Waals surface area contributed by atoms with E-state index in [2.05, 4.69) is 17.0 Å². The van der Waals surface area contributed by atoms with E-state index >= 15 is 0 Å². The van der Waals surface area contributed by atoms with E-state index in [0.29, 0.717) is 11.9 Å². The molecule has 0 saturated carbocycles. The van der Waals surface area contributed by atoms with E-state index in [1.807, 2.05) is 6.92 Å². The van der Waals surface area contributed by atoms with Crippen molar-refractivity contribution in [1.29, 1.82) is 0 Å². The van der Waals surface area contributed by atoms with Gasteiger partial charge in [0.1, 0.15) is 11.4 Å². The van der Waals surface area contributed by atoms with Gasteiger partial charge in [-0.1, -0.05) is 26.7 Å². The van der Waals surface area contributed by atoms with Gasteiger partial charge in [-0.15, -0.1) is 5.10 Å². The summed E-state index contributed by atoms with van der Waals surface area (Å²) in [4.78, 5) is 3.64. The number of halogens is 2. The number of rotatable bonds is 5. The van der Waals surface area contributed by atoms with Crippen LogP contribution in [0.1, 0.15) is 39.5 Å². The number of hydrogen-bond acceptors (Lipinski definition) is 5. The standard InChI is InChI=1S/C7H15F.C6H6BFN4O2/c1-3-5-6-7(8)4-2;8-4-1-3-2-10-6(9)11-12(3)5(4)7(13)14/h7H,3-6H2,1-2H3;1-2,13-14H,(H2,9,11).